The summed E-state index contributed by atoms with van der Waals surface area (Å²) in [5, 5.41) is 6.57. The van der Waals surface area contributed by atoms with Gasteiger partial charge in [0.25, 0.3) is 0 Å². The maximum atomic E-state index is 6.01. The van der Waals surface area contributed by atoms with Crippen molar-refractivity contribution in [2.24, 2.45) is 0 Å². The third-order valence-corrected chi connectivity index (χ3v) is 4.14. The molecule has 6 nitrogen and oxygen atoms in total. The molecule has 2 heterocycles. The quantitative estimate of drug-likeness (QED) is 0.449. The van der Waals surface area contributed by atoms with Gasteiger partial charge in [0.15, 0.2) is 5.75 Å². The van der Waals surface area contributed by atoms with Crippen LogP contribution in [0.3, 0.4) is 0 Å². The van der Waals surface area contributed by atoms with E-state index in [0.717, 1.165) is 28.6 Å². The fourth-order valence-corrected chi connectivity index (χ4v) is 2.79. The molecule has 0 aliphatic carbocycles. The maximum absolute atomic E-state index is 6.01. The van der Waals surface area contributed by atoms with Gasteiger partial charge in [-0.3, -0.25) is 4.98 Å². The highest BCUT2D eigenvalue weighted by Crippen LogP contribution is 2.30. The first-order chi connectivity index (χ1) is 14.3. The van der Waals surface area contributed by atoms with Crippen LogP contribution in [-0.2, 0) is 6.54 Å². The first-order valence-corrected chi connectivity index (χ1v) is 9.35. The number of nitrogens with zero attached hydrogens (tertiary/aromatic N) is 3. The third kappa shape index (κ3) is 5.07. The van der Waals surface area contributed by atoms with Crippen molar-refractivity contribution in [3.8, 4) is 11.5 Å². The highest BCUT2D eigenvalue weighted by molar-refractivity contribution is 5.64. The molecule has 144 valence electrons. The standard InChI is InChI=1S/C23H21N5O/c1-17-15-22(25-16-18-9-7-8-14-24-18)28-23(26-17)27-20-12-5-6-13-21(20)29-19-10-3-2-4-11-19/h2-15H,16H2,1H3,(H2,25,26,27,28). The molecule has 6 heteroatoms. The van der Waals surface area contributed by atoms with Crippen molar-refractivity contribution in [3.63, 3.8) is 0 Å². The zero-order chi connectivity index (χ0) is 19.9. The number of aromatic nitrogens is 3. The summed E-state index contributed by atoms with van der Waals surface area (Å²) in [7, 11) is 0. The highest BCUT2D eigenvalue weighted by Gasteiger charge is 2.08. The van der Waals surface area contributed by atoms with Gasteiger partial charge in [0.05, 0.1) is 17.9 Å². The molecule has 0 unspecified atom stereocenters. The summed E-state index contributed by atoms with van der Waals surface area (Å²) in [4.78, 5) is 13.4. The Kier molecular flexibility index (Phi) is 5.62. The van der Waals surface area contributed by atoms with Crippen molar-refractivity contribution in [2.45, 2.75) is 13.5 Å². The Labute approximate surface area is 169 Å². The van der Waals surface area contributed by atoms with Gasteiger partial charge in [-0.2, -0.15) is 4.98 Å². The fourth-order valence-electron chi connectivity index (χ4n) is 2.79. The molecule has 2 aromatic carbocycles. The van der Waals surface area contributed by atoms with Crippen LogP contribution in [0.1, 0.15) is 11.4 Å². The number of pyridine rings is 1. The molecule has 4 aromatic rings. The zero-order valence-corrected chi connectivity index (χ0v) is 16.0. The Morgan fingerprint density at radius 1 is 0.862 bits per heavy atom. The van der Waals surface area contributed by atoms with E-state index in [-0.39, 0.29) is 0 Å². The molecule has 2 aromatic heterocycles. The summed E-state index contributed by atoms with van der Waals surface area (Å²) >= 11 is 0. The number of ether oxygens (including phenoxy) is 1. The molecule has 0 spiro atoms. The van der Waals surface area contributed by atoms with Gasteiger partial charge < -0.3 is 15.4 Å². The SMILES string of the molecule is Cc1cc(NCc2ccccn2)nc(Nc2ccccc2Oc2ccccc2)n1. The molecule has 0 fully saturated rings. The number of hydrogen-bond acceptors (Lipinski definition) is 6. The van der Waals surface area contributed by atoms with Crippen LogP contribution >= 0.6 is 0 Å². The smallest absolute Gasteiger partial charge is 0.229 e. The molecule has 2 N–H and O–H groups in total. The van der Waals surface area contributed by atoms with Crippen LogP contribution in [0.25, 0.3) is 0 Å². The monoisotopic (exact) mass is 383 g/mol. The van der Waals surface area contributed by atoms with Crippen LogP contribution in [0.5, 0.6) is 11.5 Å². The fraction of sp³-hybridized carbons (Fsp3) is 0.0870. The molecule has 0 saturated carbocycles. The molecule has 29 heavy (non-hydrogen) atoms. The molecule has 0 atom stereocenters. The van der Waals surface area contributed by atoms with Crippen molar-refractivity contribution in [3.05, 3.63) is 96.4 Å². The molecule has 0 bridgehead atoms. The van der Waals surface area contributed by atoms with Gasteiger partial charge in [0, 0.05) is 18.0 Å². The first kappa shape index (κ1) is 18.4. The van der Waals surface area contributed by atoms with E-state index in [0.29, 0.717) is 18.2 Å². The van der Waals surface area contributed by atoms with Gasteiger partial charge in [0.2, 0.25) is 5.95 Å². The van der Waals surface area contributed by atoms with Gasteiger partial charge in [-0.05, 0) is 43.3 Å². The van der Waals surface area contributed by atoms with E-state index in [4.69, 9.17) is 4.74 Å². The lowest BCUT2D eigenvalue weighted by Gasteiger charge is -2.13. The van der Waals surface area contributed by atoms with Gasteiger partial charge >= 0.3 is 0 Å². The molecule has 0 amide bonds. The number of benzene rings is 2. The number of rotatable bonds is 7. The van der Waals surface area contributed by atoms with E-state index >= 15 is 0 Å². The van der Waals surface area contributed by atoms with Gasteiger partial charge in [0.1, 0.15) is 11.6 Å². The summed E-state index contributed by atoms with van der Waals surface area (Å²) in [6.07, 6.45) is 1.78. The maximum Gasteiger partial charge on any atom is 0.229 e. The van der Waals surface area contributed by atoms with Crippen molar-refractivity contribution in [1.82, 2.24) is 15.0 Å². The van der Waals surface area contributed by atoms with Crippen LogP contribution in [0.15, 0.2) is 85.1 Å². The van der Waals surface area contributed by atoms with Crippen molar-refractivity contribution < 1.29 is 4.74 Å². The van der Waals surface area contributed by atoms with E-state index in [9.17, 15) is 0 Å². The molecular weight excluding hydrogens is 362 g/mol. The van der Waals surface area contributed by atoms with Gasteiger partial charge in [-0.1, -0.05) is 36.4 Å². The Morgan fingerprint density at radius 3 is 2.48 bits per heavy atom. The molecule has 0 aliphatic heterocycles. The van der Waals surface area contributed by atoms with Crippen LogP contribution in [0, 0.1) is 6.92 Å². The number of anilines is 3. The van der Waals surface area contributed by atoms with Crippen LogP contribution in [-0.4, -0.2) is 15.0 Å². The summed E-state index contributed by atoms with van der Waals surface area (Å²) in [6, 6.07) is 25.1. The lowest BCUT2D eigenvalue weighted by atomic mass is 10.3. The number of nitrogens with one attached hydrogen (secondary N) is 2. The van der Waals surface area contributed by atoms with Crippen molar-refractivity contribution in [1.29, 1.82) is 0 Å². The molecule has 4 rings (SSSR count). The lowest BCUT2D eigenvalue weighted by molar-refractivity contribution is 0.485. The predicted octanol–water partition coefficient (Wildman–Crippen LogP) is 5.33. The zero-order valence-electron chi connectivity index (χ0n) is 16.0. The minimum atomic E-state index is 0.498. The van der Waals surface area contributed by atoms with E-state index in [2.05, 4.69) is 25.6 Å². The minimum absolute atomic E-state index is 0.498. The normalized spacial score (nSPS) is 10.4. The molecule has 0 saturated heterocycles. The van der Waals surface area contributed by atoms with Crippen LogP contribution in [0.2, 0.25) is 0 Å². The van der Waals surface area contributed by atoms with Crippen LogP contribution < -0.4 is 15.4 Å². The van der Waals surface area contributed by atoms with Crippen LogP contribution in [0.4, 0.5) is 17.5 Å². The topological polar surface area (TPSA) is 72.0 Å². The second-order valence-corrected chi connectivity index (χ2v) is 6.43. The Morgan fingerprint density at radius 2 is 1.66 bits per heavy atom. The summed E-state index contributed by atoms with van der Waals surface area (Å²) < 4.78 is 6.01. The minimum Gasteiger partial charge on any atom is -0.455 e. The van der Waals surface area contributed by atoms with Crippen molar-refractivity contribution >= 4 is 17.5 Å². The Balaban J connectivity index is 1.51. The number of aryl methyl sites for hydroxylation is 1. The average Bonchev–Trinajstić information content (AvgIpc) is 2.75. The van der Waals surface area contributed by atoms with Gasteiger partial charge in [-0.25, -0.2) is 4.98 Å². The Hall–Kier alpha value is -3.93. The first-order valence-electron chi connectivity index (χ1n) is 9.35. The highest BCUT2D eigenvalue weighted by atomic mass is 16.5. The summed E-state index contributed by atoms with van der Waals surface area (Å²) in [5.74, 6) is 2.70. The average molecular weight is 383 g/mol. The number of hydrogen-bond donors (Lipinski definition) is 2. The summed E-state index contributed by atoms with van der Waals surface area (Å²) in [5.41, 5.74) is 2.59. The van der Waals surface area contributed by atoms with E-state index < -0.39 is 0 Å². The van der Waals surface area contributed by atoms with Crippen molar-refractivity contribution in [2.75, 3.05) is 10.6 Å². The Bertz CT molecular complexity index is 1070. The van der Waals surface area contributed by atoms with E-state index in [1.165, 1.54) is 0 Å². The molecular formula is C23H21N5O. The van der Waals surface area contributed by atoms with Gasteiger partial charge in [-0.15, -0.1) is 0 Å². The number of para-hydroxylation sites is 3. The third-order valence-electron chi connectivity index (χ3n) is 4.14. The predicted molar refractivity (Wildman–Crippen MR) is 115 cm³/mol. The van der Waals surface area contributed by atoms with E-state index in [1.807, 2.05) is 85.8 Å². The summed E-state index contributed by atoms with van der Waals surface area (Å²) in [6.45, 7) is 2.52. The molecule has 0 aliphatic rings. The van der Waals surface area contributed by atoms with E-state index in [1.54, 1.807) is 6.20 Å². The lowest BCUT2D eigenvalue weighted by Crippen LogP contribution is -2.06. The molecule has 0 radical (unpaired) electrons. The second-order valence-electron chi connectivity index (χ2n) is 6.43. The largest absolute Gasteiger partial charge is 0.455 e. The second kappa shape index (κ2) is 8.84.